The molecule has 0 fully saturated rings. The maximum atomic E-state index is 13.1. The van der Waals surface area contributed by atoms with Gasteiger partial charge >= 0.3 is 0 Å². The molecule has 3 nitrogen and oxygen atoms in total. The molecule has 0 bridgehead atoms. The lowest BCUT2D eigenvalue weighted by molar-refractivity contribution is 0.540. The van der Waals surface area contributed by atoms with E-state index in [1.807, 2.05) is 19.9 Å². The standard InChI is InChI=1S/C12H14FN3/c1-8(2)16-11(7-12(14)15-16)9-4-3-5-10(13)6-9/h3-8H,1-2H3,(H2,14,15). The van der Waals surface area contributed by atoms with Gasteiger partial charge in [0.2, 0.25) is 0 Å². The zero-order valence-electron chi connectivity index (χ0n) is 9.31. The summed E-state index contributed by atoms with van der Waals surface area (Å²) in [6, 6.07) is 8.37. The minimum absolute atomic E-state index is 0.190. The van der Waals surface area contributed by atoms with Crippen molar-refractivity contribution in [2.75, 3.05) is 5.73 Å². The van der Waals surface area contributed by atoms with Crippen molar-refractivity contribution in [2.24, 2.45) is 0 Å². The van der Waals surface area contributed by atoms with Crippen molar-refractivity contribution in [3.8, 4) is 11.3 Å². The van der Waals surface area contributed by atoms with Crippen LogP contribution in [0.2, 0.25) is 0 Å². The molecule has 0 aliphatic heterocycles. The van der Waals surface area contributed by atoms with Crippen LogP contribution in [0.5, 0.6) is 0 Å². The summed E-state index contributed by atoms with van der Waals surface area (Å²) in [4.78, 5) is 0. The molecule has 1 heterocycles. The van der Waals surface area contributed by atoms with Crippen LogP contribution in [0.3, 0.4) is 0 Å². The van der Waals surface area contributed by atoms with E-state index in [0.717, 1.165) is 11.3 Å². The predicted octanol–water partition coefficient (Wildman–Crippen LogP) is 2.85. The van der Waals surface area contributed by atoms with E-state index in [0.29, 0.717) is 5.82 Å². The van der Waals surface area contributed by atoms with E-state index >= 15 is 0 Å². The second-order valence-electron chi connectivity index (χ2n) is 4.00. The summed E-state index contributed by atoms with van der Waals surface area (Å²) in [6.07, 6.45) is 0. The number of aromatic nitrogens is 2. The number of rotatable bonds is 2. The molecule has 0 saturated heterocycles. The molecule has 4 heteroatoms. The van der Waals surface area contributed by atoms with Crippen molar-refractivity contribution in [1.29, 1.82) is 0 Å². The van der Waals surface area contributed by atoms with Gasteiger partial charge in [-0.05, 0) is 26.0 Å². The number of hydrogen-bond donors (Lipinski definition) is 1. The molecule has 0 aliphatic rings. The lowest BCUT2D eigenvalue weighted by Crippen LogP contribution is -2.05. The second kappa shape index (κ2) is 3.96. The van der Waals surface area contributed by atoms with Crippen molar-refractivity contribution in [2.45, 2.75) is 19.9 Å². The van der Waals surface area contributed by atoms with Crippen LogP contribution >= 0.6 is 0 Å². The first-order valence-corrected chi connectivity index (χ1v) is 5.19. The van der Waals surface area contributed by atoms with Crippen LogP contribution in [0.25, 0.3) is 11.3 Å². The molecule has 0 aliphatic carbocycles. The van der Waals surface area contributed by atoms with E-state index in [1.165, 1.54) is 12.1 Å². The number of anilines is 1. The van der Waals surface area contributed by atoms with Gasteiger partial charge in [0, 0.05) is 17.7 Å². The number of benzene rings is 1. The van der Waals surface area contributed by atoms with Crippen molar-refractivity contribution in [1.82, 2.24) is 9.78 Å². The van der Waals surface area contributed by atoms with E-state index in [9.17, 15) is 4.39 Å². The largest absolute Gasteiger partial charge is 0.382 e. The van der Waals surface area contributed by atoms with E-state index < -0.39 is 0 Å². The zero-order chi connectivity index (χ0) is 11.7. The summed E-state index contributed by atoms with van der Waals surface area (Å²) in [5, 5.41) is 4.19. The Morgan fingerprint density at radius 2 is 2.06 bits per heavy atom. The molecule has 2 rings (SSSR count). The first kappa shape index (κ1) is 10.7. The first-order chi connectivity index (χ1) is 7.58. The molecule has 16 heavy (non-hydrogen) atoms. The molecule has 0 radical (unpaired) electrons. The highest BCUT2D eigenvalue weighted by molar-refractivity contribution is 5.62. The van der Waals surface area contributed by atoms with Gasteiger partial charge in [-0.1, -0.05) is 12.1 Å². The second-order valence-corrected chi connectivity index (χ2v) is 4.00. The maximum absolute atomic E-state index is 13.1. The van der Waals surface area contributed by atoms with Gasteiger partial charge in [-0.15, -0.1) is 0 Å². The highest BCUT2D eigenvalue weighted by atomic mass is 19.1. The Balaban J connectivity index is 2.55. The summed E-state index contributed by atoms with van der Waals surface area (Å²) >= 11 is 0. The number of nitrogen functional groups attached to an aromatic ring is 1. The molecule has 0 spiro atoms. The fraction of sp³-hybridized carbons (Fsp3) is 0.250. The fourth-order valence-electron chi connectivity index (χ4n) is 1.67. The molecular weight excluding hydrogens is 205 g/mol. The lowest BCUT2D eigenvalue weighted by atomic mass is 10.1. The van der Waals surface area contributed by atoms with E-state index in [4.69, 9.17) is 5.73 Å². The van der Waals surface area contributed by atoms with Gasteiger partial charge < -0.3 is 5.73 Å². The van der Waals surface area contributed by atoms with Crippen LogP contribution < -0.4 is 5.73 Å². The topological polar surface area (TPSA) is 43.8 Å². The quantitative estimate of drug-likeness (QED) is 0.844. The van der Waals surface area contributed by atoms with Crippen molar-refractivity contribution in [3.05, 3.63) is 36.1 Å². The molecule has 0 atom stereocenters. The highest BCUT2D eigenvalue weighted by Crippen LogP contribution is 2.24. The normalized spacial score (nSPS) is 11.0. The van der Waals surface area contributed by atoms with Crippen molar-refractivity contribution < 1.29 is 4.39 Å². The monoisotopic (exact) mass is 219 g/mol. The molecule has 0 amide bonds. The Kier molecular flexibility index (Phi) is 2.64. The van der Waals surface area contributed by atoms with Gasteiger partial charge in [-0.3, -0.25) is 4.68 Å². The average molecular weight is 219 g/mol. The summed E-state index contributed by atoms with van der Waals surface area (Å²) in [5.41, 5.74) is 7.30. The number of nitrogens with two attached hydrogens (primary N) is 1. The highest BCUT2D eigenvalue weighted by Gasteiger charge is 2.11. The smallest absolute Gasteiger partial charge is 0.146 e. The van der Waals surface area contributed by atoms with Crippen LogP contribution in [0.15, 0.2) is 30.3 Å². The third kappa shape index (κ3) is 1.91. The van der Waals surface area contributed by atoms with Crippen molar-refractivity contribution in [3.63, 3.8) is 0 Å². The molecular formula is C12H14FN3. The van der Waals surface area contributed by atoms with Gasteiger partial charge in [-0.25, -0.2) is 4.39 Å². The zero-order valence-corrected chi connectivity index (χ0v) is 9.31. The summed E-state index contributed by atoms with van der Waals surface area (Å²) < 4.78 is 14.9. The fourth-order valence-corrected chi connectivity index (χ4v) is 1.67. The summed E-state index contributed by atoms with van der Waals surface area (Å²) in [7, 11) is 0. The number of halogens is 1. The number of nitrogens with zero attached hydrogens (tertiary/aromatic N) is 2. The average Bonchev–Trinajstić information content (AvgIpc) is 2.60. The van der Waals surface area contributed by atoms with E-state index in [-0.39, 0.29) is 11.9 Å². The molecule has 2 aromatic rings. The van der Waals surface area contributed by atoms with E-state index in [2.05, 4.69) is 5.10 Å². The first-order valence-electron chi connectivity index (χ1n) is 5.19. The molecule has 84 valence electrons. The van der Waals surface area contributed by atoms with Gasteiger partial charge in [0.25, 0.3) is 0 Å². The third-order valence-electron chi connectivity index (χ3n) is 2.36. The Bertz CT molecular complexity index is 503. The Morgan fingerprint density at radius 3 is 2.69 bits per heavy atom. The maximum Gasteiger partial charge on any atom is 0.146 e. The molecule has 0 unspecified atom stereocenters. The van der Waals surface area contributed by atoms with Gasteiger partial charge in [0.1, 0.15) is 11.6 Å². The Morgan fingerprint density at radius 1 is 1.31 bits per heavy atom. The van der Waals surface area contributed by atoms with Gasteiger partial charge in [-0.2, -0.15) is 5.10 Å². The Hall–Kier alpha value is -1.84. The van der Waals surface area contributed by atoms with E-state index in [1.54, 1.807) is 16.8 Å². The van der Waals surface area contributed by atoms with Crippen LogP contribution in [-0.2, 0) is 0 Å². The Labute approximate surface area is 93.7 Å². The third-order valence-corrected chi connectivity index (χ3v) is 2.36. The van der Waals surface area contributed by atoms with Crippen LogP contribution in [0.4, 0.5) is 10.2 Å². The van der Waals surface area contributed by atoms with Crippen LogP contribution in [-0.4, -0.2) is 9.78 Å². The summed E-state index contributed by atoms with van der Waals surface area (Å²) in [6.45, 7) is 4.02. The van der Waals surface area contributed by atoms with Crippen LogP contribution in [0, 0.1) is 5.82 Å². The lowest BCUT2D eigenvalue weighted by Gasteiger charge is -2.10. The SMILES string of the molecule is CC(C)n1nc(N)cc1-c1cccc(F)c1. The predicted molar refractivity (Wildman–Crippen MR) is 62.4 cm³/mol. The summed E-state index contributed by atoms with van der Waals surface area (Å²) in [5.74, 6) is 0.195. The van der Waals surface area contributed by atoms with Gasteiger partial charge in [0.15, 0.2) is 0 Å². The van der Waals surface area contributed by atoms with Crippen molar-refractivity contribution >= 4 is 5.82 Å². The molecule has 1 aromatic carbocycles. The van der Waals surface area contributed by atoms with Crippen LogP contribution in [0.1, 0.15) is 19.9 Å². The molecule has 1 aromatic heterocycles. The minimum Gasteiger partial charge on any atom is -0.382 e. The van der Waals surface area contributed by atoms with Gasteiger partial charge in [0.05, 0.1) is 5.69 Å². The molecule has 2 N–H and O–H groups in total. The molecule has 0 saturated carbocycles. The number of hydrogen-bond acceptors (Lipinski definition) is 2. The minimum atomic E-state index is -0.257.